The lowest BCUT2D eigenvalue weighted by Crippen LogP contribution is -2.24. The van der Waals surface area contributed by atoms with E-state index < -0.39 is 5.91 Å². The molecule has 0 radical (unpaired) electrons. The third-order valence-corrected chi connectivity index (χ3v) is 3.59. The number of ether oxygens (including phenoxy) is 1. The maximum atomic E-state index is 11.1. The van der Waals surface area contributed by atoms with Crippen molar-refractivity contribution < 1.29 is 9.53 Å². The molecule has 0 unspecified atom stereocenters. The second kappa shape index (κ2) is 5.89. The van der Waals surface area contributed by atoms with Gasteiger partial charge in [0.2, 0.25) is 5.91 Å². The van der Waals surface area contributed by atoms with Gasteiger partial charge < -0.3 is 10.5 Å². The summed E-state index contributed by atoms with van der Waals surface area (Å²) in [5, 5.41) is 0. The summed E-state index contributed by atoms with van der Waals surface area (Å²) in [6.07, 6.45) is 7.77. The van der Waals surface area contributed by atoms with Crippen LogP contribution in [0.3, 0.4) is 0 Å². The summed E-state index contributed by atoms with van der Waals surface area (Å²) in [5.41, 5.74) is 6.08. The van der Waals surface area contributed by atoms with Crippen molar-refractivity contribution in [3.8, 4) is 0 Å². The number of allylic oxidation sites excluding steroid dienone is 3. The Morgan fingerprint density at radius 1 is 1.33 bits per heavy atom. The molecule has 0 bridgehead atoms. The molecular formula is C15H23NO2. The normalized spacial score (nSPS) is 19.7. The van der Waals surface area contributed by atoms with Gasteiger partial charge in [-0.15, -0.1) is 0 Å². The van der Waals surface area contributed by atoms with Crippen molar-refractivity contribution in [2.75, 3.05) is 0 Å². The number of nitrogens with two attached hydrogens (primary N) is 1. The molecule has 100 valence electrons. The molecule has 1 fully saturated rings. The van der Waals surface area contributed by atoms with E-state index in [1.807, 2.05) is 26.8 Å². The van der Waals surface area contributed by atoms with E-state index in [4.69, 9.17) is 10.5 Å². The summed E-state index contributed by atoms with van der Waals surface area (Å²) in [5.74, 6) is 1.16. The Bertz CT molecular complexity index is 399. The fourth-order valence-electron chi connectivity index (χ4n) is 2.79. The van der Waals surface area contributed by atoms with Crippen LogP contribution in [0, 0.1) is 5.41 Å². The lowest BCUT2D eigenvalue weighted by molar-refractivity contribution is -0.113. The Labute approximate surface area is 109 Å². The van der Waals surface area contributed by atoms with E-state index in [9.17, 15) is 4.79 Å². The van der Waals surface area contributed by atoms with E-state index in [0.717, 1.165) is 37.0 Å². The highest BCUT2D eigenvalue weighted by molar-refractivity contribution is 5.86. The largest absolute Gasteiger partial charge is 0.466 e. The second-order valence-corrected chi connectivity index (χ2v) is 4.98. The number of carbonyl (C=O) groups excluding carboxylic acids is 1. The summed E-state index contributed by atoms with van der Waals surface area (Å²) in [6.45, 7) is 9.54. The summed E-state index contributed by atoms with van der Waals surface area (Å²) in [4.78, 5) is 11.1. The number of rotatable bonds is 5. The van der Waals surface area contributed by atoms with E-state index in [2.05, 4.69) is 6.58 Å². The fourth-order valence-corrected chi connectivity index (χ4v) is 2.79. The first kappa shape index (κ1) is 14.6. The zero-order chi connectivity index (χ0) is 13.8. The van der Waals surface area contributed by atoms with Crippen molar-refractivity contribution in [3.05, 3.63) is 35.8 Å². The molecule has 1 aliphatic rings. The predicted molar refractivity (Wildman–Crippen MR) is 73.5 cm³/mol. The minimum absolute atomic E-state index is 0.178. The Morgan fingerprint density at radius 2 is 1.89 bits per heavy atom. The number of carbonyl (C=O) groups is 1. The smallest absolute Gasteiger partial charge is 0.241 e. The van der Waals surface area contributed by atoms with E-state index in [1.165, 1.54) is 6.08 Å². The molecule has 0 spiro atoms. The van der Waals surface area contributed by atoms with E-state index >= 15 is 0 Å². The highest BCUT2D eigenvalue weighted by atomic mass is 16.5. The Kier molecular flexibility index (Phi) is 4.76. The third kappa shape index (κ3) is 3.03. The summed E-state index contributed by atoms with van der Waals surface area (Å²) in [7, 11) is 0. The quantitative estimate of drug-likeness (QED) is 0.599. The van der Waals surface area contributed by atoms with Crippen LogP contribution in [0.4, 0.5) is 0 Å². The van der Waals surface area contributed by atoms with Crippen LogP contribution >= 0.6 is 0 Å². The highest BCUT2D eigenvalue weighted by Crippen LogP contribution is 2.50. The van der Waals surface area contributed by atoms with E-state index in [-0.39, 0.29) is 5.41 Å². The predicted octanol–water partition coefficient (Wildman–Crippen LogP) is 3.43. The van der Waals surface area contributed by atoms with E-state index in [1.54, 1.807) is 0 Å². The molecule has 0 aromatic carbocycles. The molecule has 1 rings (SSSR count). The number of hydrogen-bond acceptors (Lipinski definition) is 2. The van der Waals surface area contributed by atoms with Crippen molar-refractivity contribution in [2.24, 2.45) is 11.1 Å². The molecule has 2 N–H and O–H groups in total. The highest BCUT2D eigenvalue weighted by Gasteiger charge is 2.40. The molecule has 0 atom stereocenters. The summed E-state index contributed by atoms with van der Waals surface area (Å²) >= 11 is 0. The van der Waals surface area contributed by atoms with Gasteiger partial charge in [-0.05, 0) is 39.7 Å². The average molecular weight is 249 g/mol. The minimum Gasteiger partial charge on any atom is -0.466 e. The van der Waals surface area contributed by atoms with Crippen LogP contribution in [0.1, 0.15) is 46.5 Å². The van der Waals surface area contributed by atoms with Crippen molar-refractivity contribution in [3.63, 3.8) is 0 Å². The Hall–Kier alpha value is -1.51. The van der Waals surface area contributed by atoms with Crippen LogP contribution in [0.2, 0.25) is 0 Å². The average Bonchev–Trinajstić information content (AvgIpc) is 2.74. The topological polar surface area (TPSA) is 52.3 Å². The molecule has 1 amide bonds. The molecule has 1 aliphatic carbocycles. The van der Waals surface area contributed by atoms with Crippen molar-refractivity contribution in [1.29, 1.82) is 0 Å². The van der Waals surface area contributed by atoms with Gasteiger partial charge in [-0.3, -0.25) is 4.79 Å². The first-order valence-electron chi connectivity index (χ1n) is 6.41. The first-order valence-corrected chi connectivity index (χ1v) is 6.41. The zero-order valence-electron chi connectivity index (χ0n) is 11.6. The Morgan fingerprint density at radius 3 is 2.28 bits per heavy atom. The SMILES string of the molecule is C=C(C)OC(=CC)C1(/C(C)=C/C(N)=O)CCCC1. The molecule has 0 aromatic heterocycles. The van der Waals surface area contributed by atoms with Gasteiger partial charge in [0, 0.05) is 11.5 Å². The van der Waals surface area contributed by atoms with Gasteiger partial charge in [0.1, 0.15) is 5.76 Å². The molecule has 0 aromatic rings. The zero-order valence-corrected chi connectivity index (χ0v) is 11.6. The minimum atomic E-state index is -0.399. The van der Waals surface area contributed by atoms with Crippen molar-refractivity contribution in [2.45, 2.75) is 46.5 Å². The Balaban J connectivity index is 3.14. The molecule has 1 saturated carbocycles. The molecule has 3 nitrogen and oxygen atoms in total. The maximum Gasteiger partial charge on any atom is 0.241 e. The number of primary amides is 1. The van der Waals surface area contributed by atoms with Crippen molar-refractivity contribution >= 4 is 5.91 Å². The summed E-state index contributed by atoms with van der Waals surface area (Å²) < 4.78 is 5.76. The van der Waals surface area contributed by atoms with Crippen LogP contribution in [-0.4, -0.2) is 5.91 Å². The van der Waals surface area contributed by atoms with E-state index in [0.29, 0.717) is 5.76 Å². The standard InChI is InChI=1S/C15H23NO2/c1-5-13(18-11(2)3)15(8-6-7-9-15)12(4)10-14(16)17/h5,10H,2,6-9H2,1,3-4H3,(H2,16,17)/b12-10+,13-5?. The first-order chi connectivity index (χ1) is 8.42. The van der Waals surface area contributed by atoms with Gasteiger partial charge in [-0.1, -0.05) is 25.0 Å². The monoisotopic (exact) mass is 249 g/mol. The van der Waals surface area contributed by atoms with Gasteiger partial charge >= 0.3 is 0 Å². The lowest BCUT2D eigenvalue weighted by Gasteiger charge is -2.32. The van der Waals surface area contributed by atoms with Crippen LogP contribution in [0.25, 0.3) is 0 Å². The number of hydrogen-bond donors (Lipinski definition) is 1. The number of amides is 1. The maximum absolute atomic E-state index is 11.1. The molecule has 18 heavy (non-hydrogen) atoms. The lowest BCUT2D eigenvalue weighted by atomic mass is 9.76. The second-order valence-electron chi connectivity index (χ2n) is 4.98. The van der Waals surface area contributed by atoms with Crippen LogP contribution < -0.4 is 5.73 Å². The van der Waals surface area contributed by atoms with Gasteiger partial charge in [-0.2, -0.15) is 0 Å². The molecule has 0 aliphatic heterocycles. The molecular weight excluding hydrogens is 226 g/mol. The van der Waals surface area contributed by atoms with Gasteiger partial charge in [-0.25, -0.2) is 0 Å². The van der Waals surface area contributed by atoms with Gasteiger partial charge in [0.15, 0.2) is 0 Å². The van der Waals surface area contributed by atoms with Crippen molar-refractivity contribution in [1.82, 2.24) is 0 Å². The molecule has 3 heteroatoms. The van der Waals surface area contributed by atoms with Crippen LogP contribution in [0.15, 0.2) is 35.8 Å². The fraction of sp³-hybridized carbons (Fsp3) is 0.533. The molecule has 0 heterocycles. The summed E-state index contributed by atoms with van der Waals surface area (Å²) in [6, 6.07) is 0. The van der Waals surface area contributed by atoms with Crippen LogP contribution in [0.5, 0.6) is 0 Å². The van der Waals surface area contributed by atoms with Gasteiger partial charge in [0.25, 0.3) is 0 Å². The molecule has 0 saturated heterocycles. The third-order valence-electron chi connectivity index (χ3n) is 3.59. The van der Waals surface area contributed by atoms with Crippen LogP contribution in [-0.2, 0) is 9.53 Å². The van der Waals surface area contributed by atoms with Gasteiger partial charge in [0.05, 0.1) is 5.76 Å².